The van der Waals surface area contributed by atoms with Crippen molar-refractivity contribution in [2.75, 3.05) is 0 Å². The first-order chi connectivity index (χ1) is 9.17. The maximum atomic E-state index is 11.1. The summed E-state index contributed by atoms with van der Waals surface area (Å²) in [7, 11) is 0. The number of nitrogens with zero attached hydrogens (tertiary/aromatic N) is 4. The Morgan fingerprint density at radius 2 is 1.68 bits per heavy atom. The van der Waals surface area contributed by atoms with Crippen molar-refractivity contribution in [1.82, 2.24) is 19.1 Å². The lowest BCUT2D eigenvalue weighted by Crippen LogP contribution is -2.15. The molecule has 0 amide bonds. The Hall–Kier alpha value is -2.63. The van der Waals surface area contributed by atoms with Crippen LogP contribution in [0.1, 0.15) is 24.0 Å². The van der Waals surface area contributed by atoms with Gasteiger partial charge >= 0.3 is 5.97 Å². The van der Waals surface area contributed by atoms with Crippen LogP contribution in [0.5, 0.6) is 0 Å². The Kier molecular flexibility index (Phi) is 3.61. The van der Waals surface area contributed by atoms with Crippen LogP contribution in [0.25, 0.3) is 12.4 Å². The van der Waals surface area contributed by atoms with Crippen LogP contribution in [0.4, 0.5) is 0 Å². The first-order valence-corrected chi connectivity index (χ1v) is 5.69. The van der Waals surface area contributed by atoms with Crippen LogP contribution >= 0.6 is 0 Å². The highest BCUT2D eigenvalue weighted by Gasteiger charge is 2.25. The van der Waals surface area contributed by atoms with Gasteiger partial charge in [-0.05, 0) is 0 Å². The van der Waals surface area contributed by atoms with Crippen LogP contribution in [0.15, 0.2) is 37.9 Å². The number of hydrogen-bond acceptors (Lipinski definition) is 3. The van der Waals surface area contributed by atoms with E-state index < -0.39 is 11.9 Å². The molecule has 0 saturated heterocycles. The van der Waals surface area contributed by atoms with Gasteiger partial charge in [-0.2, -0.15) is 0 Å². The van der Waals surface area contributed by atoms with Gasteiger partial charge in [-0.3, -0.25) is 4.79 Å². The van der Waals surface area contributed by atoms with Gasteiger partial charge in [0.05, 0.1) is 12.3 Å². The second-order valence-corrected chi connectivity index (χ2v) is 3.90. The minimum Gasteiger partial charge on any atom is -0.481 e. The molecule has 0 fully saturated rings. The molecule has 2 rings (SSSR count). The predicted molar refractivity (Wildman–Crippen MR) is 71.3 cm³/mol. The molecule has 0 aliphatic rings. The molecule has 0 saturated carbocycles. The van der Waals surface area contributed by atoms with Crippen molar-refractivity contribution in [3.8, 4) is 0 Å². The zero-order chi connectivity index (χ0) is 13.8. The van der Waals surface area contributed by atoms with Crippen molar-refractivity contribution < 1.29 is 9.90 Å². The van der Waals surface area contributed by atoms with Crippen molar-refractivity contribution in [2.45, 2.75) is 12.3 Å². The molecule has 0 aliphatic heterocycles. The standard InChI is InChI=1S/C13H14N4O2/c1-3-16-7-5-14-12(16)10(9-11(18)19)13-15-6-8-17(13)4-2/h3-8,10H,1-2,9H2,(H,18,19). The van der Waals surface area contributed by atoms with Gasteiger partial charge in [0.1, 0.15) is 11.6 Å². The summed E-state index contributed by atoms with van der Waals surface area (Å²) in [5, 5.41) is 9.08. The molecule has 2 aromatic heterocycles. The Bertz CT molecular complexity index is 565. The summed E-state index contributed by atoms with van der Waals surface area (Å²) in [6.45, 7) is 7.35. The second kappa shape index (κ2) is 5.34. The highest BCUT2D eigenvalue weighted by atomic mass is 16.4. The average Bonchev–Trinajstić information content (AvgIpc) is 3.03. The number of hydrogen-bond donors (Lipinski definition) is 1. The number of carboxylic acids is 1. The van der Waals surface area contributed by atoms with Crippen LogP contribution in [0.3, 0.4) is 0 Å². The molecule has 6 nitrogen and oxygen atoms in total. The van der Waals surface area contributed by atoms with Crippen LogP contribution in [-0.2, 0) is 4.79 Å². The zero-order valence-electron chi connectivity index (χ0n) is 10.3. The van der Waals surface area contributed by atoms with Crippen LogP contribution in [0.2, 0.25) is 0 Å². The Balaban J connectivity index is 2.50. The van der Waals surface area contributed by atoms with E-state index in [-0.39, 0.29) is 6.42 Å². The topological polar surface area (TPSA) is 72.9 Å². The molecular formula is C13H14N4O2. The summed E-state index contributed by atoms with van der Waals surface area (Å²) in [6, 6.07) is 0. The van der Waals surface area contributed by atoms with Gasteiger partial charge in [0.15, 0.2) is 0 Å². The largest absolute Gasteiger partial charge is 0.481 e. The van der Waals surface area contributed by atoms with Gasteiger partial charge in [-0.25, -0.2) is 9.97 Å². The van der Waals surface area contributed by atoms with E-state index in [4.69, 9.17) is 5.11 Å². The fraction of sp³-hybridized carbons (Fsp3) is 0.154. The van der Waals surface area contributed by atoms with E-state index in [2.05, 4.69) is 23.1 Å². The molecule has 0 unspecified atom stereocenters. The van der Waals surface area contributed by atoms with E-state index in [9.17, 15) is 4.79 Å². The van der Waals surface area contributed by atoms with Crippen molar-refractivity contribution in [3.63, 3.8) is 0 Å². The third-order valence-electron chi connectivity index (χ3n) is 2.79. The van der Waals surface area contributed by atoms with Gasteiger partial charge in [0.2, 0.25) is 0 Å². The third kappa shape index (κ3) is 2.47. The molecule has 0 radical (unpaired) electrons. The molecule has 19 heavy (non-hydrogen) atoms. The lowest BCUT2D eigenvalue weighted by Gasteiger charge is -2.15. The van der Waals surface area contributed by atoms with Gasteiger partial charge in [0.25, 0.3) is 0 Å². The summed E-state index contributed by atoms with van der Waals surface area (Å²) in [4.78, 5) is 19.5. The SMILES string of the molecule is C=Cn1ccnc1C(CC(=O)O)c1nccn1C=C. The fourth-order valence-corrected chi connectivity index (χ4v) is 1.97. The molecule has 6 heteroatoms. The highest BCUT2D eigenvalue weighted by molar-refractivity contribution is 5.68. The second-order valence-electron chi connectivity index (χ2n) is 3.90. The smallest absolute Gasteiger partial charge is 0.304 e. The van der Waals surface area contributed by atoms with Gasteiger partial charge in [0, 0.05) is 37.2 Å². The van der Waals surface area contributed by atoms with Gasteiger partial charge in [-0.1, -0.05) is 13.2 Å². The zero-order valence-corrected chi connectivity index (χ0v) is 10.3. The van der Waals surface area contributed by atoms with Crippen molar-refractivity contribution in [1.29, 1.82) is 0 Å². The molecule has 0 atom stereocenters. The molecular weight excluding hydrogens is 244 g/mol. The van der Waals surface area contributed by atoms with E-state index in [1.807, 2.05) is 0 Å². The van der Waals surface area contributed by atoms with Crippen molar-refractivity contribution >= 4 is 18.4 Å². The van der Waals surface area contributed by atoms with E-state index in [1.165, 1.54) is 0 Å². The summed E-state index contributed by atoms with van der Waals surface area (Å²) in [5.74, 6) is -0.195. The Morgan fingerprint density at radius 1 is 1.21 bits per heavy atom. The Morgan fingerprint density at radius 3 is 2.05 bits per heavy atom. The van der Waals surface area contributed by atoms with E-state index >= 15 is 0 Å². The molecule has 0 spiro atoms. The summed E-state index contributed by atoms with van der Waals surface area (Å²) >= 11 is 0. The monoisotopic (exact) mass is 258 g/mol. The lowest BCUT2D eigenvalue weighted by molar-refractivity contribution is -0.137. The van der Waals surface area contributed by atoms with E-state index in [0.717, 1.165) is 0 Å². The molecule has 0 aliphatic carbocycles. The molecule has 2 aromatic rings. The van der Waals surface area contributed by atoms with Crippen LogP contribution < -0.4 is 0 Å². The summed E-state index contributed by atoms with van der Waals surface area (Å²) < 4.78 is 3.38. The molecule has 98 valence electrons. The average molecular weight is 258 g/mol. The maximum Gasteiger partial charge on any atom is 0.304 e. The van der Waals surface area contributed by atoms with Crippen molar-refractivity contribution in [3.05, 3.63) is 49.6 Å². The van der Waals surface area contributed by atoms with Crippen LogP contribution in [-0.4, -0.2) is 30.2 Å². The lowest BCUT2D eigenvalue weighted by atomic mass is 10.0. The van der Waals surface area contributed by atoms with E-state index in [1.54, 1.807) is 46.3 Å². The molecule has 1 N–H and O–H groups in total. The number of carbonyl (C=O) groups is 1. The number of rotatable bonds is 6. The van der Waals surface area contributed by atoms with Gasteiger partial charge < -0.3 is 14.2 Å². The Labute approximate surface area is 110 Å². The molecule has 0 aromatic carbocycles. The fourth-order valence-electron chi connectivity index (χ4n) is 1.97. The normalized spacial score (nSPS) is 10.6. The molecule has 2 heterocycles. The summed E-state index contributed by atoms with van der Waals surface area (Å²) in [6.07, 6.45) is 9.71. The number of imidazole rings is 2. The van der Waals surface area contributed by atoms with Gasteiger partial charge in [-0.15, -0.1) is 0 Å². The maximum absolute atomic E-state index is 11.1. The first-order valence-electron chi connectivity index (χ1n) is 5.69. The summed E-state index contributed by atoms with van der Waals surface area (Å²) in [5.41, 5.74) is 0. The molecule has 0 bridgehead atoms. The van der Waals surface area contributed by atoms with Crippen molar-refractivity contribution in [2.24, 2.45) is 0 Å². The number of aromatic nitrogens is 4. The number of aliphatic carboxylic acids is 1. The first kappa shape index (κ1) is 12.8. The highest BCUT2D eigenvalue weighted by Crippen LogP contribution is 2.26. The van der Waals surface area contributed by atoms with Crippen LogP contribution in [0, 0.1) is 0 Å². The third-order valence-corrected chi connectivity index (χ3v) is 2.79. The minimum atomic E-state index is -0.915. The quantitative estimate of drug-likeness (QED) is 0.858. The number of carboxylic acid groups (broad SMARTS) is 1. The van der Waals surface area contributed by atoms with E-state index in [0.29, 0.717) is 11.6 Å². The minimum absolute atomic E-state index is 0.101. The predicted octanol–water partition coefficient (Wildman–Crippen LogP) is 1.89.